The normalized spacial score (nSPS) is 19.5. The summed E-state index contributed by atoms with van der Waals surface area (Å²) in [5, 5.41) is 3.45. The Balaban J connectivity index is 1.33. The molecule has 1 aromatic rings. The summed E-state index contributed by atoms with van der Waals surface area (Å²) < 4.78 is 6.43. The van der Waals surface area contributed by atoms with Crippen LogP contribution in [0.1, 0.15) is 39.2 Å². The van der Waals surface area contributed by atoms with Crippen LogP contribution in [0.4, 0.5) is 10.6 Å². The van der Waals surface area contributed by atoms with E-state index in [9.17, 15) is 4.79 Å². The third kappa shape index (κ3) is 5.58. The van der Waals surface area contributed by atoms with Gasteiger partial charge >= 0.3 is 6.09 Å². The molecule has 0 atom stereocenters. The average molecular weight is 454 g/mol. The number of nitrogens with zero attached hydrogens (tertiary/aromatic N) is 3. The first-order chi connectivity index (χ1) is 13.2. The van der Waals surface area contributed by atoms with Crippen LogP contribution in [0.2, 0.25) is 0 Å². The summed E-state index contributed by atoms with van der Waals surface area (Å²) in [6.07, 6.45) is 3.67. The first-order valence-electron chi connectivity index (χ1n) is 9.97. The van der Waals surface area contributed by atoms with Gasteiger partial charge in [-0.1, -0.05) is 0 Å². The molecule has 3 N–H and O–H groups in total. The smallest absolute Gasteiger partial charge is 0.410 e. The van der Waals surface area contributed by atoms with E-state index >= 15 is 0 Å². The number of nitrogens with one attached hydrogen (secondary N) is 1. The predicted octanol–water partition coefficient (Wildman–Crippen LogP) is 2.85. The highest BCUT2D eigenvalue weighted by Crippen LogP contribution is 2.40. The van der Waals surface area contributed by atoms with E-state index in [4.69, 9.17) is 10.5 Å². The van der Waals surface area contributed by atoms with Crippen LogP contribution in [0.5, 0.6) is 0 Å². The number of nitrogens with two attached hydrogens (primary N) is 1. The molecule has 0 unspecified atom stereocenters. The lowest BCUT2D eigenvalue weighted by Crippen LogP contribution is -2.61. The quantitative estimate of drug-likeness (QED) is 0.666. The van der Waals surface area contributed by atoms with Crippen LogP contribution < -0.4 is 11.1 Å². The molecule has 1 spiro atoms. The number of ether oxygens (including phenoxy) is 1. The fourth-order valence-electron chi connectivity index (χ4n) is 3.96. The number of hydrogen-bond acceptors (Lipinski definition) is 6. The number of halogens is 1. The van der Waals surface area contributed by atoms with Gasteiger partial charge in [0.05, 0.1) is 0 Å². The summed E-state index contributed by atoms with van der Waals surface area (Å²) in [5.41, 5.74) is 6.89. The number of likely N-dealkylation sites (tertiary alicyclic amines) is 2. The second kappa shape index (κ2) is 8.55. The van der Waals surface area contributed by atoms with Crippen LogP contribution in [0.3, 0.4) is 0 Å². The van der Waals surface area contributed by atoms with E-state index in [2.05, 4.69) is 31.1 Å². The highest BCUT2D eigenvalue weighted by atomic mass is 79.9. The van der Waals surface area contributed by atoms with Crippen LogP contribution in [0, 0.1) is 5.41 Å². The zero-order valence-corrected chi connectivity index (χ0v) is 18.7. The Morgan fingerprint density at radius 3 is 2.68 bits per heavy atom. The van der Waals surface area contributed by atoms with Gasteiger partial charge < -0.3 is 25.6 Å². The highest BCUT2D eigenvalue weighted by Gasteiger charge is 2.45. The molecule has 1 amide bonds. The molecule has 0 aromatic carbocycles. The van der Waals surface area contributed by atoms with Crippen molar-refractivity contribution in [1.29, 1.82) is 0 Å². The van der Waals surface area contributed by atoms with Crippen molar-refractivity contribution < 1.29 is 9.53 Å². The van der Waals surface area contributed by atoms with Gasteiger partial charge in [-0.25, -0.2) is 9.78 Å². The van der Waals surface area contributed by atoms with Gasteiger partial charge in [-0.15, -0.1) is 0 Å². The molecule has 3 heterocycles. The molecule has 2 saturated heterocycles. The number of anilines is 1. The highest BCUT2D eigenvalue weighted by molar-refractivity contribution is 9.10. The summed E-state index contributed by atoms with van der Waals surface area (Å²) >= 11 is 3.43. The predicted molar refractivity (Wildman–Crippen MR) is 114 cm³/mol. The van der Waals surface area contributed by atoms with Crippen molar-refractivity contribution in [2.24, 2.45) is 5.41 Å². The van der Waals surface area contributed by atoms with E-state index < -0.39 is 5.60 Å². The van der Waals surface area contributed by atoms with E-state index in [0.717, 1.165) is 68.7 Å². The van der Waals surface area contributed by atoms with Gasteiger partial charge in [-0.3, -0.25) is 0 Å². The number of carbonyl (C=O) groups is 1. The summed E-state index contributed by atoms with van der Waals surface area (Å²) in [6.45, 7) is 12.3. The zero-order valence-electron chi connectivity index (χ0n) is 17.1. The summed E-state index contributed by atoms with van der Waals surface area (Å²) in [6, 6.07) is 2.01. The minimum atomic E-state index is -0.428. The zero-order chi connectivity index (χ0) is 20.4. The molecular formula is C20H32BrN5O2. The topological polar surface area (TPSA) is 83.7 Å². The van der Waals surface area contributed by atoms with Crippen molar-refractivity contribution in [3.8, 4) is 0 Å². The van der Waals surface area contributed by atoms with Crippen molar-refractivity contribution in [2.45, 2.75) is 45.8 Å². The van der Waals surface area contributed by atoms with Gasteiger partial charge in [0.1, 0.15) is 11.4 Å². The third-order valence-corrected chi connectivity index (χ3v) is 5.92. The molecule has 1 aromatic heterocycles. The molecule has 0 bridgehead atoms. The Hall–Kier alpha value is -1.38. The maximum Gasteiger partial charge on any atom is 0.410 e. The second-order valence-corrected chi connectivity index (χ2v) is 9.97. The first-order valence-corrected chi connectivity index (χ1v) is 10.8. The summed E-state index contributed by atoms with van der Waals surface area (Å²) in [5.74, 6) is 0.579. The number of aromatic nitrogens is 1. The number of rotatable bonds is 5. The molecule has 0 aliphatic carbocycles. The lowest BCUT2D eigenvalue weighted by molar-refractivity contribution is -0.0503. The Bertz CT molecular complexity index is 690. The molecule has 0 radical (unpaired) electrons. The maximum atomic E-state index is 12.2. The largest absolute Gasteiger partial charge is 0.444 e. The van der Waals surface area contributed by atoms with Crippen LogP contribution in [-0.4, -0.2) is 65.7 Å². The monoisotopic (exact) mass is 453 g/mol. The number of pyridine rings is 1. The Kier molecular flexibility index (Phi) is 6.51. The van der Waals surface area contributed by atoms with Gasteiger partial charge in [-0.2, -0.15) is 0 Å². The maximum absolute atomic E-state index is 12.2. The van der Waals surface area contributed by atoms with E-state index in [-0.39, 0.29) is 6.09 Å². The van der Waals surface area contributed by atoms with E-state index in [1.54, 1.807) is 6.20 Å². The van der Waals surface area contributed by atoms with Crippen molar-refractivity contribution in [3.63, 3.8) is 0 Å². The lowest BCUT2D eigenvalue weighted by atomic mass is 9.72. The van der Waals surface area contributed by atoms with Crippen LogP contribution in [0.15, 0.2) is 16.7 Å². The molecule has 8 heteroatoms. The number of nitrogen functional groups attached to an aromatic ring is 1. The lowest BCUT2D eigenvalue weighted by Gasteiger charge is -2.54. The van der Waals surface area contributed by atoms with Gasteiger partial charge in [0.2, 0.25) is 0 Å². The molecule has 2 aliphatic rings. The first kappa shape index (κ1) is 21.3. The van der Waals surface area contributed by atoms with Gasteiger partial charge in [0.25, 0.3) is 0 Å². The number of piperidine rings is 1. The molecule has 3 rings (SSSR count). The van der Waals surface area contributed by atoms with Crippen LogP contribution >= 0.6 is 15.9 Å². The van der Waals surface area contributed by atoms with E-state index in [0.29, 0.717) is 11.2 Å². The van der Waals surface area contributed by atoms with Crippen molar-refractivity contribution in [3.05, 3.63) is 22.3 Å². The van der Waals surface area contributed by atoms with Gasteiger partial charge in [0, 0.05) is 62.0 Å². The Morgan fingerprint density at radius 1 is 1.36 bits per heavy atom. The fraction of sp³-hybridized carbons (Fsp3) is 0.700. The van der Waals surface area contributed by atoms with Gasteiger partial charge in [0.15, 0.2) is 0 Å². The Labute approximate surface area is 176 Å². The van der Waals surface area contributed by atoms with Gasteiger partial charge in [-0.05, 0) is 61.0 Å². The van der Waals surface area contributed by atoms with Crippen LogP contribution in [0.25, 0.3) is 0 Å². The minimum Gasteiger partial charge on any atom is -0.444 e. The number of hydrogen-bond donors (Lipinski definition) is 2. The van der Waals surface area contributed by atoms with E-state index in [1.807, 2.05) is 31.7 Å². The van der Waals surface area contributed by atoms with Crippen molar-refractivity contribution in [1.82, 2.24) is 20.1 Å². The summed E-state index contributed by atoms with van der Waals surface area (Å²) in [4.78, 5) is 20.7. The molecule has 156 valence electrons. The Morgan fingerprint density at radius 2 is 2.04 bits per heavy atom. The molecule has 0 saturated carbocycles. The number of carbonyl (C=O) groups excluding carboxylic acids is 1. The van der Waals surface area contributed by atoms with Crippen molar-refractivity contribution >= 4 is 27.8 Å². The minimum absolute atomic E-state index is 0.177. The SMILES string of the molecule is CC(C)(C)OC(=O)N1CCC2(CC1)CN(CCNCc1cc(Br)cnc1N)C2. The molecular weight excluding hydrogens is 422 g/mol. The number of amides is 1. The molecule has 28 heavy (non-hydrogen) atoms. The second-order valence-electron chi connectivity index (χ2n) is 9.05. The standard InChI is InChI=1S/C20H32BrN5O2/c1-19(2,3)28-18(27)26-7-4-20(5-8-26)13-25(14-20)9-6-23-11-15-10-16(21)12-24-17(15)22/h10,12,23H,4-9,11,13-14H2,1-3H3,(H2,22,24). The molecule has 2 fully saturated rings. The van der Waals surface area contributed by atoms with Crippen molar-refractivity contribution in [2.75, 3.05) is 45.0 Å². The van der Waals surface area contributed by atoms with E-state index in [1.165, 1.54) is 0 Å². The fourth-order valence-corrected chi connectivity index (χ4v) is 4.34. The average Bonchev–Trinajstić information content (AvgIpc) is 2.59. The summed E-state index contributed by atoms with van der Waals surface area (Å²) in [7, 11) is 0. The molecule has 7 nitrogen and oxygen atoms in total. The van der Waals surface area contributed by atoms with Crippen LogP contribution in [-0.2, 0) is 11.3 Å². The third-order valence-electron chi connectivity index (χ3n) is 5.48. The molecule has 2 aliphatic heterocycles.